The van der Waals surface area contributed by atoms with E-state index in [1.165, 1.54) is 4.90 Å². The average Bonchev–Trinajstić information content (AvgIpc) is 2.49. The van der Waals surface area contributed by atoms with Crippen molar-refractivity contribution >= 4 is 34.2 Å². The molecule has 0 saturated carbocycles. The van der Waals surface area contributed by atoms with Gasteiger partial charge >= 0.3 is 0 Å². The minimum absolute atomic E-state index is 0. The van der Waals surface area contributed by atoms with Gasteiger partial charge in [0, 0.05) is 7.05 Å². The number of likely N-dealkylation sites (N-methyl/N-ethyl adjacent to an activating group) is 1. The van der Waals surface area contributed by atoms with Gasteiger partial charge in [-0.2, -0.15) is 0 Å². The monoisotopic (exact) mass is 296 g/mol. The topological polar surface area (TPSA) is 59.5 Å². The molecular formula is C9H14BrClN2O2. The molecule has 1 atom stereocenters. The SMILES string of the molecule is CC(N)C(=O)N(C)Cc1ccc(Br)o1.Cl. The van der Waals surface area contributed by atoms with Crippen molar-refractivity contribution in [2.24, 2.45) is 5.73 Å². The van der Waals surface area contributed by atoms with Crippen molar-refractivity contribution in [1.29, 1.82) is 0 Å². The van der Waals surface area contributed by atoms with E-state index in [-0.39, 0.29) is 18.3 Å². The largest absolute Gasteiger partial charge is 0.452 e. The van der Waals surface area contributed by atoms with Gasteiger partial charge in [-0.1, -0.05) is 0 Å². The summed E-state index contributed by atoms with van der Waals surface area (Å²) in [4.78, 5) is 12.9. The quantitative estimate of drug-likeness (QED) is 0.925. The Kier molecular flexibility index (Phi) is 5.93. The molecule has 1 aromatic heterocycles. The zero-order valence-corrected chi connectivity index (χ0v) is 11.0. The van der Waals surface area contributed by atoms with Gasteiger partial charge in [-0.05, 0) is 35.0 Å². The Morgan fingerprint density at radius 1 is 1.67 bits per heavy atom. The van der Waals surface area contributed by atoms with Crippen molar-refractivity contribution in [1.82, 2.24) is 4.90 Å². The lowest BCUT2D eigenvalue weighted by atomic mass is 10.3. The smallest absolute Gasteiger partial charge is 0.239 e. The Morgan fingerprint density at radius 3 is 2.67 bits per heavy atom. The van der Waals surface area contributed by atoms with Crippen LogP contribution in [0.5, 0.6) is 0 Å². The summed E-state index contributed by atoms with van der Waals surface area (Å²) in [6.45, 7) is 2.10. The minimum atomic E-state index is -0.474. The molecule has 0 bridgehead atoms. The number of rotatable bonds is 3. The molecule has 1 heterocycles. The number of amides is 1. The molecule has 1 amide bonds. The number of hydrogen-bond acceptors (Lipinski definition) is 3. The van der Waals surface area contributed by atoms with Crippen LogP contribution in [0.1, 0.15) is 12.7 Å². The van der Waals surface area contributed by atoms with Crippen molar-refractivity contribution in [2.45, 2.75) is 19.5 Å². The first-order chi connectivity index (χ1) is 6.50. The zero-order chi connectivity index (χ0) is 10.7. The van der Waals surface area contributed by atoms with Crippen LogP contribution in [0.25, 0.3) is 0 Å². The normalized spacial score (nSPS) is 11.7. The second-order valence-electron chi connectivity index (χ2n) is 3.19. The fraction of sp³-hybridized carbons (Fsp3) is 0.444. The maximum absolute atomic E-state index is 11.4. The molecule has 6 heteroatoms. The lowest BCUT2D eigenvalue weighted by molar-refractivity contribution is -0.131. The number of nitrogens with two attached hydrogens (primary N) is 1. The van der Waals surface area contributed by atoms with Crippen LogP contribution in [-0.4, -0.2) is 23.9 Å². The number of nitrogens with zero attached hydrogens (tertiary/aromatic N) is 1. The number of halogens is 2. The van der Waals surface area contributed by atoms with Crippen molar-refractivity contribution in [2.75, 3.05) is 7.05 Å². The van der Waals surface area contributed by atoms with E-state index < -0.39 is 6.04 Å². The van der Waals surface area contributed by atoms with E-state index in [9.17, 15) is 4.79 Å². The first kappa shape index (κ1) is 14.5. The molecule has 0 aliphatic carbocycles. The molecular weight excluding hydrogens is 283 g/mol. The number of furan rings is 1. The van der Waals surface area contributed by atoms with Crippen molar-refractivity contribution in [3.05, 3.63) is 22.6 Å². The third-order valence-corrected chi connectivity index (χ3v) is 2.21. The van der Waals surface area contributed by atoms with Crippen LogP contribution in [0.3, 0.4) is 0 Å². The third-order valence-electron chi connectivity index (χ3n) is 1.79. The highest BCUT2D eigenvalue weighted by Gasteiger charge is 2.14. The third kappa shape index (κ3) is 4.24. The molecule has 4 nitrogen and oxygen atoms in total. The van der Waals surface area contributed by atoms with Gasteiger partial charge in [-0.15, -0.1) is 12.4 Å². The van der Waals surface area contributed by atoms with E-state index in [0.717, 1.165) is 5.76 Å². The van der Waals surface area contributed by atoms with Gasteiger partial charge in [-0.3, -0.25) is 4.79 Å². The van der Waals surface area contributed by atoms with Gasteiger partial charge in [0.15, 0.2) is 4.67 Å². The maximum Gasteiger partial charge on any atom is 0.239 e. The second-order valence-corrected chi connectivity index (χ2v) is 3.97. The van der Waals surface area contributed by atoms with E-state index in [2.05, 4.69) is 15.9 Å². The first-order valence-corrected chi connectivity index (χ1v) is 5.04. The Labute approximate surface area is 103 Å². The molecule has 1 rings (SSSR count). The number of hydrogen-bond donors (Lipinski definition) is 1. The van der Waals surface area contributed by atoms with Gasteiger partial charge in [0.1, 0.15) is 5.76 Å². The summed E-state index contributed by atoms with van der Waals surface area (Å²) in [5.41, 5.74) is 5.46. The number of carbonyl (C=O) groups is 1. The highest BCUT2D eigenvalue weighted by atomic mass is 79.9. The lowest BCUT2D eigenvalue weighted by Crippen LogP contribution is -2.39. The van der Waals surface area contributed by atoms with Crippen molar-refractivity contribution < 1.29 is 9.21 Å². The summed E-state index contributed by atoms with van der Waals surface area (Å²) in [6, 6.07) is 3.13. The van der Waals surface area contributed by atoms with E-state index in [1.54, 1.807) is 20.0 Å². The van der Waals surface area contributed by atoms with Gasteiger partial charge in [-0.25, -0.2) is 0 Å². The van der Waals surface area contributed by atoms with Crippen LogP contribution in [0.15, 0.2) is 21.2 Å². The predicted molar refractivity (Wildman–Crippen MR) is 63.8 cm³/mol. The molecule has 0 aromatic carbocycles. The highest BCUT2D eigenvalue weighted by Crippen LogP contribution is 2.15. The molecule has 2 N–H and O–H groups in total. The van der Waals surface area contributed by atoms with E-state index in [0.29, 0.717) is 11.2 Å². The summed E-state index contributed by atoms with van der Waals surface area (Å²) in [5, 5.41) is 0. The Hall–Kier alpha value is -0.520. The Balaban J connectivity index is 0.00000196. The minimum Gasteiger partial charge on any atom is -0.452 e. The highest BCUT2D eigenvalue weighted by molar-refractivity contribution is 9.10. The summed E-state index contributed by atoms with van der Waals surface area (Å²) in [6.07, 6.45) is 0. The molecule has 15 heavy (non-hydrogen) atoms. The van der Waals surface area contributed by atoms with Gasteiger partial charge in [0.05, 0.1) is 12.6 Å². The van der Waals surface area contributed by atoms with Crippen molar-refractivity contribution in [3.8, 4) is 0 Å². The van der Waals surface area contributed by atoms with Gasteiger partial charge in [0.2, 0.25) is 5.91 Å². The summed E-state index contributed by atoms with van der Waals surface area (Å²) in [7, 11) is 1.70. The Morgan fingerprint density at radius 2 is 2.27 bits per heavy atom. The van der Waals surface area contributed by atoms with Crippen molar-refractivity contribution in [3.63, 3.8) is 0 Å². The van der Waals surface area contributed by atoms with Crippen LogP contribution in [0.2, 0.25) is 0 Å². The van der Waals surface area contributed by atoms with Crippen LogP contribution in [0.4, 0.5) is 0 Å². The lowest BCUT2D eigenvalue weighted by Gasteiger charge is -2.17. The van der Waals surface area contributed by atoms with Gasteiger partial charge in [0.25, 0.3) is 0 Å². The molecule has 0 fully saturated rings. The van der Waals surface area contributed by atoms with E-state index in [1.807, 2.05) is 6.07 Å². The average molecular weight is 298 g/mol. The van der Waals surface area contributed by atoms with Gasteiger partial charge < -0.3 is 15.1 Å². The summed E-state index contributed by atoms with van der Waals surface area (Å²) < 4.78 is 5.93. The van der Waals surface area contributed by atoms with E-state index in [4.69, 9.17) is 10.2 Å². The number of carbonyl (C=O) groups excluding carboxylic acids is 1. The Bertz CT molecular complexity index is 328. The van der Waals surface area contributed by atoms with Crippen LogP contribution in [-0.2, 0) is 11.3 Å². The molecule has 0 aliphatic rings. The molecule has 1 aromatic rings. The fourth-order valence-electron chi connectivity index (χ4n) is 1.10. The molecule has 1 unspecified atom stereocenters. The van der Waals surface area contributed by atoms with Crippen LogP contribution >= 0.6 is 28.3 Å². The van der Waals surface area contributed by atoms with Crippen LogP contribution in [0, 0.1) is 0 Å². The molecule has 0 saturated heterocycles. The zero-order valence-electron chi connectivity index (χ0n) is 8.57. The standard InChI is InChI=1S/C9H13BrN2O2.ClH/c1-6(11)9(13)12(2)5-7-3-4-8(10)14-7;/h3-4,6H,5,11H2,1-2H3;1H. The first-order valence-electron chi connectivity index (χ1n) is 4.25. The fourth-order valence-corrected chi connectivity index (χ4v) is 1.44. The molecule has 0 spiro atoms. The van der Waals surface area contributed by atoms with E-state index >= 15 is 0 Å². The predicted octanol–water partition coefficient (Wildman–Crippen LogP) is 1.77. The summed E-state index contributed by atoms with van der Waals surface area (Å²) >= 11 is 3.19. The molecule has 0 aliphatic heterocycles. The summed E-state index contributed by atoms with van der Waals surface area (Å²) in [5.74, 6) is 0.630. The molecule has 0 radical (unpaired) electrons. The second kappa shape index (κ2) is 6.15. The molecule has 86 valence electrons. The van der Waals surface area contributed by atoms with Crippen LogP contribution < -0.4 is 5.73 Å². The maximum atomic E-state index is 11.4.